The molecule has 0 aliphatic carbocycles. The summed E-state index contributed by atoms with van der Waals surface area (Å²) in [5.74, 6) is -0.466. The fourth-order valence-corrected chi connectivity index (χ4v) is 2.45. The zero-order valence-electron chi connectivity index (χ0n) is 10.7. The molecule has 1 rings (SSSR count). The van der Waals surface area contributed by atoms with E-state index < -0.39 is 22.1 Å². The van der Waals surface area contributed by atoms with E-state index in [0.717, 1.165) is 24.3 Å². The maximum Gasteiger partial charge on any atom is 0.573 e. The van der Waals surface area contributed by atoms with Crippen LogP contribution in [-0.2, 0) is 10.0 Å². The highest BCUT2D eigenvalue weighted by Gasteiger charge is 2.31. The van der Waals surface area contributed by atoms with Crippen LogP contribution in [0.1, 0.15) is 6.42 Å². The van der Waals surface area contributed by atoms with Gasteiger partial charge in [-0.15, -0.1) is 13.2 Å². The minimum absolute atomic E-state index is 0.114. The summed E-state index contributed by atoms with van der Waals surface area (Å²) in [4.78, 5) is -0.114. The smallest absolute Gasteiger partial charge is 0.406 e. The van der Waals surface area contributed by atoms with Crippen molar-refractivity contribution >= 4 is 10.0 Å². The standard InChI is InChI=1S/C11H15F3N2O3S/c1-15-7-2-8-16-20(17,18)10-5-3-9(4-6-10)19-11(12,13)14/h3-6,15-16H,2,7-8H2,1H3. The molecule has 1 aromatic carbocycles. The van der Waals surface area contributed by atoms with Crippen molar-refractivity contribution in [3.05, 3.63) is 24.3 Å². The van der Waals surface area contributed by atoms with Crippen molar-refractivity contribution < 1.29 is 26.3 Å². The van der Waals surface area contributed by atoms with Crippen LogP contribution in [-0.4, -0.2) is 34.9 Å². The van der Waals surface area contributed by atoms with E-state index in [9.17, 15) is 21.6 Å². The molecule has 5 nitrogen and oxygen atoms in total. The average Bonchev–Trinajstić information content (AvgIpc) is 2.33. The molecule has 0 aliphatic rings. The molecule has 114 valence electrons. The van der Waals surface area contributed by atoms with Gasteiger partial charge in [0, 0.05) is 6.54 Å². The Morgan fingerprint density at radius 1 is 1.15 bits per heavy atom. The summed E-state index contributed by atoms with van der Waals surface area (Å²) in [7, 11) is -1.97. The van der Waals surface area contributed by atoms with Gasteiger partial charge in [0.25, 0.3) is 0 Å². The van der Waals surface area contributed by atoms with E-state index in [0.29, 0.717) is 13.0 Å². The Labute approximate surface area is 115 Å². The van der Waals surface area contributed by atoms with E-state index in [1.807, 2.05) is 0 Å². The van der Waals surface area contributed by atoms with E-state index >= 15 is 0 Å². The fraction of sp³-hybridized carbons (Fsp3) is 0.455. The lowest BCUT2D eigenvalue weighted by atomic mass is 10.3. The molecular weight excluding hydrogens is 297 g/mol. The lowest BCUT2D eigenvalue weighted by Gasteiger charge is -2.10. The zero-order chi connectivity index (χ0) is 15.2. The number of nitrogens with one attached hydrogen (secondary N) is 2. The molecule has 2 N–H and O–H groups in total. The maximum absolute atomic E-state index is 12.0. The van der Waals surface area contributed by atoms with E-state index in [1.165, 1.54) is 0 Å². The number of alkyl halides is 3. The summed E-state index contributed by atoms with van der Waals surface area (Å²) in [6.45, 7) is 0.894. The van der Waals surface area contributed by atoms with Gasteiger partial charge in [0.1, 0.15) is 5.75 Å². The largest absolute Gasteiger partial charge is 0.573 e. The quantitative estimate of drug-likeness (QED) is 0.748. The number of ether oxygens (including phenoxy) is 1. The van der Waals surface area contributed by atoms with Gasteiger partial charge >= 0.3 is 6.36 Å². The Kier molecular flexibility index (Phi) is 5.78. The second-order valence-corrected chi connectivity index (χ2v) is 5.64. The van der Waals surface area contributed by atoms with Crippen molar-refractivity contribution in [1.29, 1.82) is 0 Å². The van der Waals surface area contributed by atoms with Crippen LogP contribution in [0.25, 0.3) is 0 Å². The molecule has 0 atom stereocenters. The molecule has 0 amide bonds. The third-order valence-electron chi connectivity index (χ3n) is 2.26. The highest BCUT2D eigenvalue weighted by atomic mass is 32.2. The molecule has 0 radical (unpaired) electrons. The van der Waals surface area contributed by atoms with Gasteiger partial charge in [-0.3, -0.25) is 0 Å². The number of hydrogen-bond donors (Lipinski definition) is 2. The lowest BCUT2D eigenvalue weighted by molar-refractivity contribution is -0.274. The average molecular weight is 312 g/mol. The van der Waals surface area contributed by atoms with Gasteiger partial charge in [-0.05, 0) is 44.3 Å². The maximum atomic E-state index is 12.0. The lowest BCUT2D eigenvalue weighted by Crippen LogP contribution is -2.26. The number of sulfonamides is 1. The van der Waals surface area contributed by atoms with Crippen LogP contribution in [0.4, 0.5) is 13.2 Å². The molecule has 0 bridgehead atoms. The topological polar surface area (TPSA) is 67.4 Å². The first kappa shape index (κ1) is 16.7. The van der Waals surface area contributed by atoms with Crippen molar-refractivity contribution in [3.8, 4) is 5.75 Å². The van der Waals surface area contributed by atoms with Gasteiger partial charge in [0.05, 0.1) is 4.90 Å². The summed E-state index contributed by atoms with van der Waals surface area (Å²) in [6.07, 6.45) is -4.20. The van der Waals surface area contributed by atoms with Crippen molar-refractivity contribution in [2.45, 2.75) is 17.7 Å². The fourth-order valence-electron chi connectivity index (χ4n) is 1.38. The predicted octanol–water partition coefficient (Wildman–Crippen LogP) is 1.47. The first-order valence-electron chi connectivity index (χ1n) is 5.75. The van der Waals surface area contributed by atoms with Crippen LogP contribution in [0.15, 0.2) is 29.2 Å². The Balaban J connectivity index is 2.67. The zero-order valence-corrected chi connectivity index (χ0v) is 11.5. The third-order valence-corrected chi connectivity index (χ3v) is 3.74. The third kappa shape index (κ3) is 5.76. The predicted molar refractivity (Wildman–Crippen MR) is 66.9 cm³/mol. The van der Waals surface area contributed by atoms with E-state index in [-0.39, 0.29) is 11.4 Å². The highest BCUT2D eigenvalue weighted by molar-refractivity contribution is 7.89. The van der Waals surface area contributed by atoms with E-state index in [2.05, 4.69) is 14.8 Å². The second-order valence-electron chi connectivity index (χ2n) is 3.87. The molecule has 0 fully saturated rings. The molecular formula is C11H15F3N2O3S. The Morgan fingerprint density at radius 2 is 1.75 bits per heavy atom. The van der Waals surface area contributed by atoms with Gasteiger partial charge in [0.15, 0.2) is 0 Å². The van der Waals surface area contributed by atoms with Gasteiger partial charge in [-0.2, -0.15) is 0 Å². The van der Waals surface area contributed by atoms with Crippen molar-refractivity contribution in [2.75, 3.05) is 20.1 Å². The van der Waals surface area contributed by atoms with Crippen LogP contribution in [0, 0.1) is 0 Å². The molecule has 1 aromatic rings. The molecule has 0 spiro atoms. The van der Waals surface area contributed by atoms with Crippen molar-refractivity contribution in [2.24, 2.45) is 0 Å². The minimum Gasteiger partial charge on any atom is -0.406 e. The Morgan fingerprint density at radius 3 is 2.25 bits per heavy atom. The van der Waals surface area contributed by atoms with Crippen LogP contribution < -0.4 is 14.8 Å². The summed E-state index contributed by atoms with van der Waals surface area (Å²) < 4.78 is 65.5. The molecule has 0 saturated heterocycles. The minimum atomic E-state index is -4.80. The normalized spacial score (nSPS) is 12.4. The van der Waals surface area contributed by atoms with Crippen LogP contribution in [0.3, 0.4) is 0 Å². The van der Waals surface area contributed by atoms with Crippen molar-refractivity contribution in [3.63, 3.8) is 0 Å². The van der Waals surface area contributed by atoms with Gasteiger partial charge in [-0.25, -0.2) is 13.1 Å². The molecule has 0 aliphatic heterocycles. The summed E-state index contributed by atoms with van der Waals surface area (Å²) in [5.41, 5.74) is 0. The number of rotatable bonds is 7. The van der Waals surface area contributed by atoms with Crippen LogP contribution in [0.2, 0.25) is 0 Å². The van der Waals surface area contributed by atoms with Crippen LogP contribution in [0.5, 0.6) is 5.75 Å². The second kappa shape index (κ2) is 6.91. The molecule has 0 unspecified atom stereocenters. The Bertz CT molecular complexity index is 515. The summed E-state index contributed by atoms with van der Waals surface area (Å²) in [6, 6.07) is 4.02. The first-order valence-corrected chi connectivity index (χ1v) is 7.23. The first-order chi connectivity index (χ1) is 9.24. The van der Waals surface area contributed by atoms with Gasteiger partial charge in [-0.1, -0.05) is 0 Å². The van der Waals surface area contributed by atoms with Crippen LogP contribution >= 0.6 is 0 Å². The van der Waals surface area contributed by atoms with Gasteiger partial charge < -0.3 is 10.1 Å². The number of benzene rings is 1. The number of hydrogen-bond acceptors (Lipinski definition) is 4. The van der Waals surface area contributed by atoms with E-state index in [4.69, 9.17) is 0 Å². The summed E-state index contributed by atoms with van der Waals surface area (Å²) >= 11 is 0. The monoisotopic (exact) mass is 312 g/mol. The van der Waals surface area contributed by atoms with E-state index in [1.54, 1.807) is 7.05 Å². The molecule has 0 aromatic heterocycles. The summed E-state index contributed by atoms with van der Waals surface area (Å²) in [5, 5.41) is 2.87. The van der Waals surface area contributed by atoms with Gasteiger partial charge in [0.2, 0.25) is 10.0 Å². The number of halogens is 3. The molecule has 0 heterocycles. The molecule has 9 heteroatoms. The molecule has 20 heavy (non-hydrogen) atoms. The molecule has 0 saturated carbocycles. The van der Waals surface area contributed by atoms with Crippen molar-refractivity contribution in [1.82, 2.24) is 10.0 Å². The highest BCUT2D eigenvalue weighted by Crippen LogP contribution is 2.23. The Hall–Kier alpha value is -1.32. The SMILES string of the molecule is CNCCCNS(=O)(=O)c1ccc(OC(F)(F)F)cc1.